The van der Waals surface area contributed by atoms with Crippen molar-refractivity contribution in [2.75, 3.05) is 108 Å². The van der Waals surface area contributed by atoms with E-state index in [0.29, 0.717) is 55.6 Å². The molecule has 8 rings (SSSR count). The number of imidazole rings is 2. The molecule has 11 N–H and O–H groups in total. The molecule has 0 saturated heterocycles. The van der Waals surface area contributed by atoms with Crippen LogP contribution in [0.1, 0.15) is 118 Å². The summed E-state index contributed by atoms with van der Waals surface area (Å²) >= 11 is 12.0. The van der Waals surface area contributed by atoms with Crippen LogP contribution in [0.3, 0.4) is 0 Å². The molecule has 8 aromatic rings. The standard InChI is InChI=1S/C69H88Cl2N22O11/c1-85(2)28-11-23-72-58(95)19-25-75-63(98)51-33-45(38-87(51)4)78-65(100)53-34-46(39-89(53)6)79-66(101)54-36-48(41-90(54)7)81-69(104)61-83-56(42-92(61)9)84-62(97)50(18-24-73-57(94)13-10-12-43-14-16-49(17-15-43)93(29-21-70)30-22-71)82-67(102)55-35-47(40-91(55)8)80-64(99)52-32-44(37-88(52)5)77-59(96)20-26-76-68(103)60-74-27-31-86(60)3/h14-17,27,31-42,50H,10-13,18-26,28-30H2,1-9H3,(H,72,95)(H,73,94)(H,75,98)(H,76,103)(H,77,96)(H,78,100)(H,79,101)(H,80,99)(H,81,104)(H,82,102)(H,84,97)/t50-/m1/s1. The van der Waals surface area contributed by atoms with Gasteiger partial charge in [0.25, 0.3) is 41.4 Å². The van der Waals surface area contributed by atoms with Crippen LogP contribution in [0.15, 0.2) is 104 Å². The number of hydrogen-bond acceptors (Lipinski definition) is 15. The molecule has 1 atom stereocenters. The quantitative estimate of drug-likeness (QED) is 0.0190. The minimum absolute atomic E-state index is 0.0340. The number of aryl methyl sites for hydroxylation is 8. The number of aromatic nitrogens is 9. The van der Waals surface area contributed by atoms with Crippen molar-refractivity contribution < 1.29 is 52.7 Å². The van der Waals surface area contributed by atoms with Gasteiger partial charge in [-0.2, -0.15) is 0 Å². The van der Waals surface area contributed by atoms with Crippen molar-refractivity contribution in [2.24, 2.45) is 49.3 Å². The predicted molar refractivity (Wildman–Crippen MR) is 395 cm³/mol. The van der Waals surface area contributed by atoms with Gasteiger partial charge in [0.05, 0.1) is 28.4 Å². The van der Waals surface area contributed by atoms with Gasteiger partial charge in [-0.05, 0) is 94.4 Å². The summed E-state index contributed by atoms with van der Waals surface area (Å²) in [6.45, 7) is 2.76. The lowest BCUT2D eigenvalue weighted by molar-refractivity contribution is -0.122. The van der Waals surface area contributed by atoms with E-state index in [1.807, 2.05) is 43.3 Å². The van der Waals surface area contributed by atoms with E-state index in [4.69, 9.17) is 23.2 Å². The Kier molecular flexibility index (Phi) is 27.8. The summed E-state index contributed by atoms with van der Waals surface area (Å²) in [5.41, 5.74) is 4.11. The predicted octanol–water partition coefficient (Wildman–Crippen LogP) is 4.35. The summed E-state index contributed by atoms with van der Waals surface area (Å²) in [6.07, 6.45) is 14.2. The number of benzene rings is 1. The van der Waals surface area contributed by atoms with E-state index in [1.165, 1.54) is 97.4 Å². The molecule has 33 nitrogen and oxygen atoms in total. The highest BCUT2D eigenvalue weighted by Gasteiger charge is 2.27. The van der Waals surface area contributed by atoms with Gasteiger partial charge in [0.2, 0.25) is 29.5 Å². The topological polar surface area (TPSA) is 387 Å². The second-order valence-corrected chi connectivity index (χ2v) is 25.7. The fraction of sp³-hybridized carbons (Fsp3) is 0.377. The van der Waals surface area contributed by atoms with Gasteiger partial charge in [-0.25, -0.2) is 9.97 Å². The van der Waals surface area contributed by atoms with E-state index in [-0.39, 0.29) is 120 Å². The Morgan fingerprint density at radius 3 is 1.40 bits per heavy atom. The van der Waals surface area contributed by atoms with Gasteiger partial charge in [-0.3, -0.25) is 52.7 Å². The number of amides is 11. The number of carbonyl (C=O) groups is 11. The zero-order valence-corrected chi connectivity index (χ0v) is 60.9. The van der Waals surface area contributed by atoms with Crippen LogP contribution in [0.5, 0.6) is 0 Å². The Morgan fingerprint density at radius 1 is 0.442 bits per heavy atom. The minimum Gasteiger partial charge on any atom is -0.369 e. The Balaban J connectivity index is 0.865. The molecule has 0 aliphatic rings. The van der Waals surface area contributed by atoms with E-state index >= 15 is 0 Å². The number of halogens is 2. The summed E-state index contributed by atoms with van der Waals surface area (Å²) in [5.74, 6) is -4.77. The van der Waals surface area contributed by atoms with E-state index in [0.717, 1.165) is 24.2 Å². The molecule has 554 valence electrons. The van der Waals surface area contributed by atoms with Crippen molar-refractivity contribution in [3.8, 4) is 0 Å². The summed E-state index contributed by atoms with van der Waals surface area (Å²) in [5, 5.41) is 30.3. The summed E-state index contributed by atoms with van der Waals surface area (Å²) < 4.78 is 10.4. The molecule has 0 spiro atoms. The van der Waals surface area contributed by atoms with Crippen LogP contribution in [-0.4, -0.2) is 190 Å². The molecule has 0 bridgehead atoms. The maximum absolute atomic E-state index is 14.3. The lowest BCUT2D eigenvalue weighted by atomic mass is 10.1. The van der Waals surface area contributed by atoms with Crippen LogP contribution in [-0.2, 0) is 74.9 Å². The van der Waals surface area contributed by atoms with Gasteiger partial charge in [-0.1, -0.05) is 12.1 Å². The molecule has 35 heteroatoms. The number of anilines is 7. The zero-order valence-electron chi connectivity index (χ0n) is 59.4. The first-order chi connectivity index (χ1) is 49.7. The Labute approximate surface area is 610 Å². The van der Waals surface area contributed by atoms with Crippen molar-refractivity contribution in [1.29, 1.82) is 0 Å². The highest BCUT2D eigenvalue weighted by atomic mass is 35.5. The molecule has 0 unspecified atom stereocenters. The first-order valence-corrected chi connectivity index (χ1v) is 34.4. The second-order valence-electron chi connectivity index (χ2n) is 25.0. The van der Waals surface area contributed by atoms with Gasteiger partial charge in [0, 0.05) is 175 Å². The van der Waals surface area contributed by atoms with Gasteiger partial charge >= 0.3 is 0 Å². The van der Waals surface area contributed by atoms with Crippen molar-refractivity contribution in [2.45, 2.75) is 51.0 Å². The third-order valence-electron chi connectivity index (χ3n) is 16.5. The molecule has 0 saturated carbocycles. The monoisotopic (exact) mass is 1470 g/mol. The lowest BCUT2D eigenvalue weighted by Gasteiger charge is -2.23. The number of nitrogens with zero attached hydrogens (tertiary/aromatic N) is 11. The molecule has 11 amide bonds. The van der Waals surface area contributed by atoms with E-state index in [9.17, 15) is 52.7 Å². The average Bonchev–Trinajstić information content (AvgIpc) is 1.68. The van der Waals surface area contributed by atoms with Crippen molar-refractivity contribution in [1.82, 2.24) is 73.4 Å². The summed E-state index contributed by atoms with van der Waals surface area (Å²) in [4.78, 5) is 159. The van der Waals surface area contributed by atoms with E-state index < -0.39 is 59.2 Å². The Hall–Kier alpha value is -11.4. The maximum atomic E-state index is 14.3. The van der Waals surface area contributed by atoms with Crippen molar-refractivity contribution >= 4 is 128 Å². The average molecular weight is 1470 g/mol. The van der Waals surface area contributed by atoms with E-state index in [2.05, 4.69) is 73.4 Å². The van der Waals surface area contributed by atoms with Crippen LogP contribution < -0.4 is 63.4 Å². The Morgan fingerprint density at radius 2 is 0.904 bits per heavy atom. The van der Waals surface area contributed by atoms with Crippen LogP contribution in [0, 0.1) is 0 Å². The minimum atomic E-state index is -1.31. The summed E-state index contributed by atoms with van der Waals surface area (Å²) in [7, 11) is 15.1. The molecular weight excluding hydrogens is 1380 g/mol. The van der Waals surface area contributed by atoms with E-state index in [1.54, 1.807) is 63.8 Å². The Bertz CT molecular complexity index is 4410. The highest BCUT2D eigenvalue weighted by Crippen LogP contribution is 2.23. The fourth-order valence-corrected chi connectivity index (χ4v) is 11.5. The molecule has 104 heavy (non-hydrogen) atoms. The van der Waals surface area contributed by atoms with Crippen LogP contribution >= 0.6 is 23.2 Å². The lowest BCUT2D eigenvalue weighted by Crippen LogP contribution is -2.46. The molecular formula is C69H88Cl2N22O11. The van der Waals surface area contributed by atoms with Gasteiger partial charge in [0.1, 0.15) is 34.5 Å². The molecule has 7 aromatic heterocycles. The molecule has 0 radical (unpaired) electrons. The van der Waals surface area contributed by atoms with Crippen molar-refractivity contribution in [3.63, 3.8) is 0 Å². The summed E-state index contributed by atoms with van der Waals surface area (Å²) in [6, 6.07) is 13.9. The third-order valence-corrected chi connectivity index (χ3v) is 16.8. The molecule has 0 aliphatic carbocycles. The fourth-order valence-electron chi connectivity index (χ4n) is 11.1. The first-order valence-electron chi connectivity index (χ1n) is 33.4. The van der Waals surface area contributed by atoms with Crippen molar-refractivity contribution in [3.05, 3.63) is 150 Å². The number of rotatable bonds is 37. The number of carbonyl (C=O) groups excluding carboxylic acids is 11. The van der Waals surface area contributed by atoms with Gasteiger partial charge < -0.3 is 100 Å². The largest absolute Gasteiger partial charge is 0.369 e. The first kappa shape index (κ1) is 78.3. The normalized spacial score (nSPS) is 11.3. The molecule has 1 aromatic carbocycles. The molecule has 0 fully saturated rings. The smallest absolute Gasteiger partial charge is 0.291 e. The number of nitrogens with one attached hydrogen (secondary N) is 11. The van der Waals surface area contributed by atoms with Gasteiger partial charge in [-0.15, -0.1) is 23.2 Å². The molecule has 7 heterocycles. The second kappa shape index (κ2) is 36.9. The van der Waals surface area contributed by atoms with Crippen LogP contribution in [0.25, 0.3) is 0 Å². The number of alkyl halides is 2. The maximum Gasteiger partial charge on any atom is 0.291 e. The van der Waals surface area contributed by atoms with Crippen LogP contribution in [0.2, 0.25) is 0 Å². The third kappa shape index (κ3) is 22.0. The van der Waals surface area contributed by atoms with Crippen LogP contribution in [0.4, 0.5) is 39.9 Å². The molecule has 0 aliphatic heterocycles. The zero-order chi connectivity index (χ0) is 75.3. The SMILES string of the molecule is CN(C)CCCNC(=O)CCNC(=O)c1cc(NC(=O)c2cc(NC(=O)c3cc(NC(=O)c4nc(NC(=O)[C@@H](CCNC(=O)CCCc5ccc(N(CCCl)CCCl)cc5)NC(=O)c5cc(NC(=O)c6cc(NC(=O)CCNC(=O)c7nccn7C)cn6C)cn5C)cn4C)cn3C)cn2C)cn1C. The highest BCUT2D eigenvalue weighted by molar-refractivity contribution is 6.19. The number of hydrogen-bond donors (Lipinski definition) is 11. The van der Waals surface area contributed by atoms with Gasteiger partial charge in [0.15, 0.2) is 11.6 Å².